The summed E-state index contributed by atoms with van der Waals surface area (Å²) in [6.45, 7) is 6.82. The molecule has 0 saturated carbocycles. The Morgan fingerprint density at radius 1 is 1.14 bits per heavy atom. The van der Waals surface area contributed by atoms with Gasteiger partial charge in [-0.1, -0.05) is 24.6 Å². The Labute approximate surface area is 210 Å². The van der Waals surface area contributed by atoms with E-state index in [1.807, 2.05) is 49.9 Å². The molecule has 1 aliphatic rings. The Morgan fingerprint density at radius 3 is 2.54 bits per heavy atom. The van der Waals surface area contributed by atoms with Crippen LogP contribution in [-0.2, 0) is 11.2 Å². The van der Waals surface area contributed by atoms with E-state index < -0.39 is 5.82 Å². The molecular weight excluding hydrogens is 463 g/mol. The van der Waals surface area contributed by atoms with Gasteiger partial charge in [-0.2, -0.15) is 0 Å². The lowest BCUT2D eigenvalue weighted by Gasteiger charge is -2.38. The molecule has 5 nitrogen and oxygen atoms in total. The summed E-state index contributed by atoms with van der Waals surface area (Å²) in [5.74, 6) is -0.0226. The Bertz CT molecular complexity index is 1160. The lowest BCUT2D eigenvalue weighted by Crippen LogP contribution is -2.49. The average Bonchev–Trinajstić information content (AvgIpc) is 3.35. The van der Waals surface area contributed by atoms with Gasteiger partial charge in [0, 0.05) is 23.0 Å². The number of fused-ring (bicyclic) bond motifs is 1. The third-order valence-corrected chi connectivity index (χ3v) is 7.62. The van der Waals surface area contributed by atoms with Crippen LogP contribution in [0.25, 0.3) is 0 Å². The second kappa shape index (κ2) is 11.0. The smallest absolute Gasteiger partial charge is 0.254 e. The van der Waals surface area contributed by atoms with E-state index in [0.717, 1.165) is 23.3 Å². The maximum absolute atomic E-state index is 13.6. The number of carbonyl (C=O) groups is 2. The number of halogens is 1. The zero-order valence-corrected chi connectivity index (χ0v) is 21.2. The molecule has 0 spiro atoms. The highest BCUT2D eigenvalue weighted by molar-refractivity contribution is 7.10. The van der Waals surface area contributed by atoms with Gasteiger partial charge in [-0.15, -0.1) is 11.3 Å². The molecule has 4 rings (SSSR count). The third kappa shape index (κ3) is 5.73. The highest BCUT2D eigenvalue weighted by atomic mass is 32.1. The molecule has 184 valence electrons. The number of ether oxygens (including phenoxy) is 1. The van der Waals surface area contributed by atoms with Crippen molar-refractivity contribution in [3.8, 4) is 5.75 Å². The van der Waals surface area contributed by atoms with Crippen molar-refractivity contribution in [1.29, 1.82) is 0 Å². The fourth-order valence-corrected chi connectivity index (χ4v) is 5.26. The van der Waals surface area contributed by atoms with Crippen molar-refractivity contribution in [2.45, 2.75) is 45.7 Å². The zero-order chi connectivity index (χ0) is 24.9. The first-order valence-corrected chi connectivity index (χ1v) is 12.9. The molecule has 0 saturated heterocycles. The summed E-state index contributed by atoms with van der Waals surface area (Å²) in [6, 6.07) is 15.0. The maximum atomic E-state index is 13.6. The van der Waals surface area contributed by atoms with Crippen LogP contribution in [0, 0.1) is 12.7 Å². The molecule has 3 aromatic rings. The van der Waals surface area contributed by atoms with E-state index in [1.54, 1.807) is 16.2 Å². The molecule has 0 unspecified atom stereocenters. The monoisotopic (exact) mass is 494 g/mol. The molecule has 2 atom stereocenters. The van der Waals surface area contributed by atoms with Gasteiger partial charge in [0.05, 0.1) is 6.04 Å². The van der Waals surface area contributed by atoms with E-state index >= 15 is 0 Å². The summed E-state index contributed by atoms with van der Waals surface area (Å²) in [6.07, 6.45) is 1.49. The van der Waals surface area contributed by atoms with E-state index in [2.05, 4.69) is 11.4 Å². The van der Waals surface area contributed by atoms with E-state index in [1.165, 1.54) is 29.1 Å². The first-order chi connectivity index (χ1) is 16.9. The van der Waals surface area contributed by atoms with Crippen molar-refractivity contribution in [3.63, 3.8) is 0 Å². The largest absolute Gasteiger partial charge is 0.491 e. The van der Waals surface area contributed by atoms with Crippen molar-refractivity contribution in [1.82, 2.24) is 9.80 Å². The molecule has 1 aromatic heterocycles. The van der Waals surface area contributed by atoms with Gasteiger partial charge in [-0.05, 0) is 80.1 Å². The molecule has 0 radical (unpaired) electrons. The maximum Gasteiger partial charge on any atom is 0.254 e. The van der Waals surface area contributed by atoms with Crippen LogP contribution in [-0.4, -0.2) is 47.4 Å². The second-order valence-corrected chi connectivity index (χ2v) is 9.97. The molecule has 2 aromatic carbocycles. The molecule has 35 heavy (non-hydrogen) atoms. The number of rotatable bonds is 8. The number of benzene rings is 2. The second-order valence-electron chi connectivity index (χ2n) is 8.97. The first kappa shape index (κ1) is 24.9. The van der Waals surface area contributed by atoms with Crippen LogP contribution in [0.3, 0.4) is 0 Å². The Morgan fingerprint density at radius 2 is 1.86 bits per heavy atom. The zero-order valence-electron chi connectivity index (χ0n) is 20.4. The summed E-state index contributed by atoms with van der Waals surface area (Å²) >= 11 is 1.70. The van der Waals surface area contributed by atoms with E-state index in [-0.39, 0.29) is 30.4 Å². The molecule has 0 fully saturated rings. The number of amides is 2. The summed E-state index contributed by atoms with van der Waals surface area (Å²) in [4.78, 5) is 31.6. The standard InChI is InChI=1S/C28H31FN2O3S/c1-4-20(3)31(28(33)21-7-9-22(29)10-8-21)17-27(32)30-15-13-26-24(14-16-35-26)25(30)18-34-23-11-5-19(2)6-12-23/h5-12,14,16,20,25H,4,13,15,17-18H2,1-3H3/t20-,25-/m1/s1. The lowest BCUT2D eigenvalue weighted by atomic mass is 10.00. The summed E-state index contributed by atoms with van der Waals surface area (Å²) in [5, 5.41) is 2.06. The Kier molecular flexibility index (Phi) is 7.86. The minimum atomic E-state index is -0.399. The average molecular weight is 495 g/mol. The molecule has 0 bridgehead atoms. The third-order valence-electron chi connectivity index (χ3n) is 6.62. The first-order valence-electron chi connectivity index (χ1n) is 12.0. The van der Waals surface area contributed by atoms with Crippen LogP contribution < -0.4 is 4.74 Å². The van der Waals surface area contributed by atoms with Gasteiger partial charge in [-0.3, -0.25) is 9.59 Å². The highest BCUT2D eigenvalue weighted by Gasteiger charge is 2.34. The van der Waals surface area contributed by atoms with Crippen LogP contribution in [0.4, 0.5) is 4.39 Å². The van der Waals surface area contributed by atoms with Crippen LogP contribution in [0.15, 0.2) is 60.0 Å². The molecule has 2 amide bonds. The SMILES string of the molecule is CC[C@@H](C)N(CC(=O)N1CCc2sccc2[C@H]1COc1ccc(C)cc1)C(=O)c1ccc(F)cc1. The normalized spacial score (nSPS) is 15.9. The van der Waals surface area contributed by atoms with Crippen LogP contribution in [0.2, 0.25) is 0 Å². The molecule has 7 heteroatoms. The van der Waals surface area contributed by atoms with E-state index in [4.69, 9.17) is 4.74 Å². The van der Waals surface area contributed by atoms with Crippen LogP contribution in [0.5, 0.6) is 5.75 Å². The molecule has 2 heterocycles. The van der Waals surface area contributed by atoms with Crippen LogP contribution >= 0.6 is 11.3 Å². The minimum Gasteiger partial charge on any atom is -0.491 e. The van der Waals surface area contributed by atoms with E-state index in [0.29, 0.717) is 25.1 Å². The van der Waals surface area contributed by atoms with E-state index in [9.17, 15) is 14.0 Å². The number of thiophene rings is 1. The van der Waals surface area contributed by atoms with Gasteiger partial charge in [-0.25, -0.2) is 4.39 Å². The minimum absolute atomic E-state index is 0.0360. The predicted octanol–water partition coefficient (Wildman–Crippen LogP) is 5.64. The van der Waals surface area contributed by atoms with Gasteiger partial charge in [0.25, 0.3) is 5.91 Å². The van der Waals surface area contributed by atoms with Gasteiger partial charge in [0.2, 0.25) is 5.91 Å². The van der Waals surface area contributed by atoms with Crippen LogP contribution in [0.1, 0.15) is 52.7 Å². The van der Waals surface area contributed by atoms with Gasteiger partial charge < -0.3 is 14.5 Å². The van der Waals surface area contributed by atoms with Crippen molar-refractivity contribution in [2.24, 2.45) is 0 Å². The van der Waals surface area contributed by atoms with Crippen molar-refractivity contribution < 1.29 is 18.7 Å². The highest BCUT2D eigenvalue weighted by Crippen LogP contribution is 2.34. The molecule has 0 N–H and O–H groups in total. The Hall–Kier alpha value is -3.19. The van der Waals surface area contributed by atoms with Crippen molar-refractivity contribution in [3.05, 3.63) is 87.4 Å². The molecule has 1 aliphatic heterocycles. The summed E-state index contributed by atoms with van der Waals surface area (Å²) < 4.78 is 19.5. The fraction of sp³-hybridized carbons (Fsp3) is 0.357. The summed E-state index contributed by atoms with van der Waals surface area (Å²) in [7, 11) is 0. The number of nitrogens with zero attached hydrogens (tertiary/aromatic N) is 2. The number of carbonyl (C=O) groups excluding carboxylic acids is 2. The quantitative estimate of drug-likeness (QED) is 0.407. The summed E-state index contributed by atoms with van der Waals surface area (Å²) in [5.41, 5.74) is 2.64. The van der Waals surface area contributed by atoms with Crippen molar-refractivity contribution >= 4 is 23.2 Å². The van der Waals surface area contributed by atoms with Gasteiger partial charge >= 0.3 is 0 Å². The number of aryl methyl sites for hydroxylation is 1. The number of hydrogen-bond donors (Lipinski definition) is 0. The van der Waals surface area contributed by atoms with Crippen molar-refractivity contribution in [2.75, 3.05) is 19.7 Å². The Balaban J connectivity index is 1.54. The topological polar surface area (TPSA) is 49.9 Å². The fourth-order valence-electron chi connectivity index (χ4n) is 4.33. The van der Waals surface area contributed by atoms with Gasteiger partial charge in [0.15, 0.2) is 0 Å². The lowest BCUT2D eigenvalue weighted by molar-refractivity contribution is -0.136. The molecular formula is C28H31FN2O3S. The number of hydrogen-bond acceptors (Lipinski definition) is 4. The predicted molar refractivity (Wildman–Crippen MR) is 136 cm³/mol. The van der Waals surface area contributed by atoms with Gasteiger partial charge in [0.1, 0.15) is 24.7 Å². The molecule has 0 aliphatic carbocycles.